The van der Waals surface area contributed by atoms with E-state index in [9.17, 15) is 39.0 Å². The Morgan fingerprint density at radius 1 is 1.03 bits per heavy atom. The summed E-state index contributed by atoms with van der Waals surface area (Å²) in [6.45, 7) is 4.13. The highest BCUT2D eigenvalue weighted by molar-refractivity contribution is 5.92. The van der Waals surface area contributed by atoms with E-state index in [1.807, 2.05) is 13.8 Å². The number of carboxylic acids is 2. The van der Waals surface area contributed by atoms with Gasteiger partial charge in [0.15, 0.2) is 0 Å². The second-order valence-electron chi connectivity index (χ2n) is 9.81. The average molecular weight is 544 g/mol. The number of hydrogen-bond acceptors (Lipinski definition) is 8. The molecule has 7 N–H and O–H groups in total. The van der Waals surface area contributed by atoms with E-state index in [1.54, 1.807) is 7.05 Å². The average Bonchev–Trinajstić information content (AvgIpc) is 2.83. The number of nitrogens with one attached hydrogen (secondary N) is 3. The van der Waals surface area contributed by atoms with Crippen LogP contribution in [0.25, 0.3) is 0 Å². The van der Waals surface area contributed by atoms with Crippen LogP contribution in [0.3, 0.4) is 0 Å². The van der Waals surface area contributed by atoms with Gasteiger partial charge in [-0.1, -0.05) is 13.8 Å². The summed E-state index contributed by atoms with van der Waals surface area (Å²) in [5, 5.41) is 26.3. The third kappa shape index (κ3) is 10.6. The molecule has 0 bridgehead atoms. The van der Waals surface area contributed by atoms with Crippen LogP contribution in [0.15, 0.2) is 0 Å². The van der Waals surface area contributed by atoms with E-state index in [2.05, 4.69) is 16.0 Å². The van der Waals surface area contributed by atoms with Crippen molar-refractivity contribution in [1.82, 2.24) is 20.9 Å². The van der Waals surface area contributed by atoms with Crippen molar-refractivity contribution in [3.05, 3.63) is 0 Å². The highest BCUT2D eigenvalue weighted by atomic mass is 16.5. The van der Waals surface area contributed by atoms with Gasteiger partial charge in [0.1, 0.15) is 12.1 Å². The summed E-state index contributed by atoms with van der Waals surface area (Å²) in [6.07, 6.45) is -0.147. The number of carbonyl (C=O) groups excluding carboxylic acids is 4. The minimum atomic E-state index is -1.48. The van der Waals surface area contributed by atoms with Gasteiger partial charge in [0.2, 0.25) is 23.6 Å². The van der Waals surface area contributed by atoms with Crippen molar-refractivity contribution in [1.29, 1.82) is 0 Å². The third-order valence-electron chi connectivity index (χ3n) is 6.37. The number of carboxylic acid groups (broad SMARTS) is 2. The number of likely N-dealkylation sites (tertiary alicyclic amines) is 1. The number of primary amides is 1. The molecule has 38 heavy (non-hydrogen) atoms. The lowest BCUT2D eigenvalue weighted by Gasteiger charge is -2.42. The van der Waals surface area contributed by atoms with Crippen molar-refractivity contribution in [2.45, 2.75) is 89.1 Å². The second kappa shape index (κ2) is 15.9. The molecule has 1 aliphatic rings. The molecule has 0 aliphatic carbocycles. The number of carbonyl (C=O) groups is 6. The van der Waals surface area contributed by atoms with Crippen molar-refractivity contribution in [2.24, 2.45) is 11.7 Å². The first-order chi connectivity index (χ1) is 17.8. The summed E-state index contributed by atoms with van der Waals surface area (Å²) in [4.78, 5) is 74.2. The summed E-state index contributed by atoms with van der Waals surface area (Å²) in [5.41, 5.74) is 5.04. The molecule has 0 saturated carbocycles. The van der Waals surface area contributed by atoms with Gasteiger partial charge in [0, 0.05) is 20.1 Å². The van der Waals surface area contributed by atoms with Crippen LogP contribution in [0.2, 0.25) is 0 Å². The zero-order valence-electron chi connectivity index (χ0n) is 22.4. The molecular weight excluding hydrogens is 502 g/mol. The molecule has 0 aromatic heterocycles. The minimum Gasteiger partial charge on any atom is -0.481 e. The summed E-state index contributed by atoms with van der Waals surface area (Å²) in [7, 11) is 3.06. The Morgan fingerprint density at radius 3 is 2.18 bits per heavy atom. The Labute approximate surface area is 222 Å². The van der Waals surface area contributed by atoms with E-state index < -0.39 is 78.7 Å². The number of hydrogen-bond donors (Lipinski definition) is 6. The lowest BCUT2D eigenvalue weighted by atomic mass is 9.93. The molecular formula is C24H41N5O9. The standard InChI is InChI=1S/C24H41N5O9/c1-13(2)10-14(26-3)22(34)28-15(12-21(32)33)23(35)29-9-5-6-18(38-4)17(29)7-8-20(31)27-16(24(36)37)11-19(25)30/h13-18,26H,5-12H2,1-4H3,(H2,25,30)(H,27,31)(H,28,34)(H,32,33)(H,36,37)/t14-,15+,16+,17+,18+/m1/s1. The maximum Gasteiger partial charge on any atom is 0.326 e. The lowest BCUT2D eigenvalue weighted by molar-refractivity contribution is -0.149. The van der Waals surface area contributed by atoms with E-state index in [1.165, 1.54) is 12.0 Å². The number of piperidine rings is 1. The molecule has 216 valence electrons. The van der Waals surface area contributed by atoms with Crippen molar-refractivity contribution >= 4 is 35.6 Å². The fraction of sp³-hybridized carbons (Fsp3) is 0.750. The Balaban J connectivity index is 3.06. The number of methoxy groups -OCH3 is 1. The van der Waals surface area contributed by atoms with Crippen molar-refractivity contribution in [3.63, 3.8) is 0 Å². The van der Waals surface area contributed by atoms with Crippen molar-refractivity contribution in [2.75, 3.05) is 20.7 Å². The highest BCUT2D eigenvalue weighted by Gasteiger charge is 2.39. The molecule has 5 atom stereocenters. The molecule has 1 fully saturated rings. The Hall–Kier alpha value is -3.26. The van der Waals surface area contributed by atoms with Crippen LogP contribution < -0.4 is 21.7 Å². The van der Waals surface area contributed by atoms with Crippen LogP contribution >= 0.6 is 0 Å². The largest absolute Gasteiger partial charge is 0.481 e. The van der Waals surface area contributed by atoms with E-state index in [0.717, 1.165) is 0 Å². The molecule has 0 aromatic rings. The summed E-state index contributed by atoms with van der Waals surface area (Å²) < 4.78 is 5.54. The van der Waals surface area contributed by atoms with Gasteiger partial charge in [-0.3, -0.25) is 24.0 Å². The second-order valence-corrected chi connectivity index (χ2v) is 9.81. The van der Waals surface area contributed by atoms with Crippen molar-refractivity contribution < 1.29 is 43.7 Å². The first-order valence-corrected chi connectivity index (χ1v) is 12.6. The normalized spacial score (nSPS) is 19.8. The van der Waals surface area contributed by atoms with Crippen LogP contribution in [-0.2, 0) is 33.5 Å². The van der Waals surface area contributed by atoms with Gasteiger partial charge in [-0.25, -0.2) is 4.79 Å². The molecule has 0 radical (unpaired) electrons. The Kier molecular flexibility index (Phi) is 13.7. The first-order valence-electron chi connectivity index (χ1n) is 12.6. The van der Waals surface area contributed by atoms with Gasteiger partial charge in [-0.15, -0.1) is 0 Å². The fourth-order valence-electron chi connectivity index (χ4n) is 4.53. The maximum atomic E-state index is 13.5. The van der Waals surface area contributed by atoms with Crippen LogP contribution in [0.5, 0.6) is 0 Å². The minimum absolute atomic E-state index is 0.0826. The predicted octanol–water partition coefficient (Wildman–Crippen LogP) is -1.19. The maximum absolute atomic E-state index is 13.5. The van der Waals surface area contributed by atoms with E-state index >= 15 is 0 Å². The van der Waals surface area contributed by atoms with Gasteiger partial charge in [-0.05, 0) is 38.6 Å². The van der Waals surface area contributed by atoms with Gasteiger partial charge >= 0.3 is 11.9 Å². The Morgan fingerprint density at radius 2 is 1.68 bits per heavy atom. The molecule has 1 saturated heterocycles. The van der Waals surface area contributed by atoms with Crippen LogP contribution in [0, 0.1) is 5.92 Å². The molecule has 14 nitrogen and oxygen atoms in total. The van der Waals surface area contributed by atoms with E-state index in [4.69, 9.17) is 10.5 Å². The van der Waals surface area contributed by atoms with Gasteiger partial charge in [-0.2, -0.15) is 0 Å². The third-order valence-corrected chi connectivity index (χ3v) is 6.37. The van der Waals surface area contributed by atoms with Crippen LogP contribution in [0.4, 0.5) is 0 Å². The molecule has 0 unspecified atom stereocenters. The summed E-state index contributed by atoms with van der Waals surface area (Å²) >= 11 is 0. The number of amides is 4. The molecule has 1 aliphatic heterocycles. The summed E-state index contributed by atoms with van der Waals surface area (Å²) in [5.74, 6) is -5.15. The van der Waals surface area contributed by atoms with E-state index in [0.29, 0.717) is 19.3 Å². The zero-order valence-corrected chi connectivity index (χ0v) is 22.4. The predicted molar refractivity (Wildman–Crippen MR) is 135 cm³/mol. The quantitative estimate of drug-likeness (QED) is 0.137. The number of likely N-dealkylation sites (N-methyl/N-ethyl adjacent to an activating group) is 1. The van der Waals surface area contributed by atoms with Crippen molar-refractivity contribution in [3.8, 4) is 0 Å². The first kappa shape index (κ1) is 32.8. The zero-order chi connectivity index (χ0) is 29.0. The Bertz CT molecular complexity index is 866. The van der Waals surface area contributed by atoms with Gasteiger partial charge in [0.05, 0.1) is 31.0 Å². The topological polar surface area (TPSA) is 217 Å². The SMILES string of the molecule is CN[C@H](CC(C)C)C(=O)N[C@@H](CC(=O)O)C(=O)N1CCC[C@H](OC)[C@@H]1CCC(=O)N[C@@H](CC(N)=O)C(=O)O. The van der Waals surface area contributed by atoms with Crippen LogP contribution in [-0.4, -0.2) is 102 Å². The molecule has 0 aromatic carbocycles. The highest BCUT2D eigenvalue weighted by Crippen LogP contribution is 2.25. The van der Waals surface area contributed by atoms with Crippen LogP contribution in [0.1, 0.15) is 58.8 Å². The fourth-order valence-corrected chi connectivity index (χ4v) is 4.53. The monoisotopic (exact) mass is 543 g/mol. The number of rotatable bonds is 16. The lowest BCUT2D eigenvalue weighted by Crippen LogP contribution is -2.59. The summed E-state index contributed by atoms with van der Waals surface area (Å²) in [6, 6.07) is -4.06. The number of ether oxygens (including phenoxy) is 1. The smallest absolute Gasteiger partial charge is 0.326 e. The number of nitrogens with zero attached hydrogens (tertiary/aromatic N) is 1. The number of aliphatic carboxylic acids is 2. The number of nitrogens with two attached hydrogens (primary N) is 1. The van der Waals surface area contributed by atoms with Gasteiger partial charge < -0.3 is 41.5 Å². The van der Waals surface area contributed by atoms with E-state index in [-0.39, 0.29) is 25.3 Å². The van der Waals surface area contributed by atoms with Gasteiger partial charge in [0.25, 0.3) is 0 Å². The molecule has 4 amide bonds. The molecule has 1 rings (SSSR count). The molecule has 1 heterocycles. The molecule has 14 heteroatoms. The molecule has 0 spiro atoms.